The molecule has 0 aliphatic carbocycles. The third-order valence-corrected chi connectivity index (χ3v) is 2.81. The second kappa shape index (κ2) is 6.83. The standard InChI is InChI=1S/C14H19N5O2/c1-10(2)15-14(20)8-11-4-6-12(7-5-11)21-9-13-16-17-18-19(13)3/h4-7,10H,8-9H2,1-3H3,(H,15,20). The molecule has 1 heterocycles. The summed E-state index contributed by atoms with van der Waals surface area (Å²) in [5.41, 5.74) is 0.945. The number of carbonyl (C=O) groups is 1. The lowest BCUT2D eigenvalue weighted by Gasteiger charge is -2.09. The minimum atomic E-state index is 0.0174. The molecule has 2 rings (SSSR count). The molecular formula is C14H19N5O2. The fourth-order valence-electron chi connectivity index (χ4n) is 1.78. The molecule has 21 heavy (non-hydrogen) atoms. The summed E-state index contributed by atoms with van der Waals surface area (Å²) in [5, 5.41) is 14.0. The summed E-state index contributed by atoms with van der Waals surface area (Å²) in [6.07, 6.45) is 0.367. The maximum absolute atomic E-state index is 11.7. The van der Waals surface area contributed by atoms with Gasteiger partial charge >= 0.3 is 0 Å². The van der Waals surface area contributed by atoms with Gasteiger partial charge < -0.3 is 10.1 Å². The Hall–Kier alpha value is -2.44. The Morgan fingerprint density at radius 2 is 2.05 bits per heavy atom. The quantitative estimate of drug-likeness (QED) is 0.852. The van der Waals surface area contributed by atoms with Gasteiger partial charge in [-0.15, -0.1) is 5.10 Å². The fraction of sp³-hybridized carbons (Fsp3) is 0.429. The summed E-state index contributed by atoms with van der Waals surface area (Å²) in [4.78, 5) is 11.7. The Kier molecular flexibility index (Phi) is 4.86. The molecule has 1 aromatic carbocycles. The van der Waals surface area contributed by atoms with Gasteiger partial charge in [0.05, 0.1) is 6.42 Å². The van der Waals surface area contributed by atoms with Gasteiger partial charge in [-0.2, -0.15) is 0 Å². The average Bonchev–Trinajstić information content (AvgIpc) is 2.82. The molecule has 0 radical (unpaired) electrons. The van der Waals surface area contributed by atoms with Crippen LogP contribution in [0.1, 0.15) is 25.2 Å². The molecule has 1 N–H and O–H groups in total. The zero-order valence-corrected chi connectivity index (χ0v) is 12.4. The molecule has 0 spiro atoms. The highest BCUT2D eigenvalue weighted by Gasteiger charge is 2.06. The van der Waals surface area contributed by atoms with E-state index in [9.17, 15) is 4.79 Å². The molecule has 0 aliphatic heterocycles. The van der Waals surface area contributed by atoms with Gasteiger partial charge in [0.2, 0.25) is 5.91 Å². The second-order valence-electron chi connectivity index (χ2n) is 5.05. The number of carbonyl (C=O) groups excluding carboxylic acids is 1. The molecule has 1 aromatic heterocycles. The molecule has 0 bridgehead atoms. The molecule has 0 fully saturated rings. The van der Waals surface area contributed by atoms with Crippen molar-refractivity contribution in [3.63, 3.8) is 0 Å². The van der Waals surface area contributed by atoms with Crippen LogP contribution in [0.4, 0.5) is 0 Å². The van der Waals surface area contributed by atoms with Crippen molar-refractivity contribution in [2.45, 2.75) is 32.9 Å². The maximum atomic E-state index is 11.7. The Balaban J connectivity index is 1.87. The van der Waals surface area contributed by atoms with Crippen molar-refractivity contribution < 1.29 is 9.53 Å². The topological polar surface area (TPSA) is 81.9 Å². The van der Waals surface area contributed by atoms with Crippen molar-refractivity contribution >= 4 is 5.91 Å². The molecule has 2 aromatic rings. The molecule has 7 nitrogen and oxygen atoms in total. The lowest BCUT2D eigenvalue weighted by Crippen LogP contribution is -2.31. The predicted octanol–water partition coefficient (Wildman–Crippen LogP) is 0.856. The normalized spacial score (nSPS) is 10.7. The van der Waals surface area contributed by atoms with E-state index in [-0.39, 0.29) is 11.9 Å². The van der Waals surface area contributed by atoms with Crippen LogP contribution in [0, 0.1) is 0 Å². The number of rotatable bonds is 6. The van der Waals surface area contributed by atoms with Crippen molar-refractivity contribution in [1.82, 2.24) is 25.5 Å². The molecule has 0 aliphatic rings. The lowest BCUT2D eigenvalue weighted by atomic mass is 10.1. The fourth-order valence-corrected chi connectivity index (χ4v) is 1.78. The molecule has 1 amide bonds. The molecule has 0 unspecified atom stereocenters. The van der Waals surface area contributed by atoms with E-state index in [1.807, 2.05) is 38.1 Å². The zero-order chi connectivity index (χ0) is 15.2. The van der Waals surface area contributed by atoms with Crippen LogP contribution in [0.15, 0.2) is 24.3 Å². The first-order valence-electron chi connectivity index (χ1n) is 6.77. The van der Waals surface area contributed by atoms with Gasteiger partial charge in [-0.3, -0.25) is 4.79 Å². The Bertz CT molecular complexity index is 592. The van der Waals surface area contributed by atoms with Gasteiger partial charge in [0.1, 0.15) is 12.4 Å². The van der Waals surface area contributed by atoms with Crippen molar-refractivity contribution in [2.75, 3.05) is 0 Å². The minimum absolute atomic E-state index is 0.0174. The van der Waals surface area contributed by atoms with Crippen LogP contribution in [0.25, 0.3) is 0 Å². The monoisotopic (exact) mass is 289 g/mol. The SMILES string of the molecule is CC(C)NC(=O)Cc1ccc(OCc2nnnn2C)cc1. The number of ether oxygens (including phenoxy) is 1. The summed E-state index contributed by atoms with van der Waals surface area (Å²) in [7, 11) is 1.76. The number of hydrogen-bond acceptors (Lipinski definition) is 5. The van der Waals surface area contributed by atoms with Crippen molar-refractivity contribution in [3.05, 3.63) is 35.7 Å². The van der Waals surface area contributed by atoms with E-state index in [4.69, 9.17) is 4.74 Å². The van der Waals surface area contributed by atoms with E-state index in [1.165, 1.54) is 0 Å². The van der Waals surface area contributed by atoms with Crippen LogP contribution in [0.3, 0.4) is 0 Å². The van der Waals surface area contributed by atoms with E-state index >= 15 is 0 Å². The van der Waals surface area contributed by atoms with E-state index in [0.29, 0.717) is 24.6 Å². The van der Waals surface area contributed by atoms with E-state index in [0.717, 1.165) is 5.56 Å². The highest BCUT2D eigenvalue weighted by atomic mass is 16.5. The number of aryl methyl sites for hydroxylation is 1. The van der Waals surface area contributed by atoms with Crippen LogP contribution < -0.4 is 10.1 Å². The minimum Gasteiger partial charge on any atom is -0.486 e. The predicted molar refractivity (Wildman–Crippen MR) is 76.6 cm³/mol. The highest BCUT2D eigenvalue weighted by Crippen LogP contribution is 2.13. The average molecular weight is 289 g/mol. The van der Waals surface area contributed by atoms with Gasteiger partial charge in [0, 0.05) is 13.1 Å². The van der Waals surface area contributed by atoms with Gasteiger partial charge in [-0.25, -0.2) is 4.68 Å². The summed E-state index contributed by atoms with van der Waals surface area (Å²) < 4.78 is 7.15. The molecule has 0 saturated heterocycles. The molecular weight excluding hydrogens is 270 g/mol. The smallest absolute Gasteiger partial charge is 0.224 e. The Labute approximate surface area is 123 Å². The number of nitrogens with zero attached hydrogens (tertiary/aromatic N) is 4. The van der Waals surface area contributed by atoms with Crippen molar-refractivity contribution in [3.8, 4) is 5.75 Å². The van der Waals surface area contributed by atoms with Crippen LogP contribution >= 0.6 is 0 Å². The summed E-state index contributed by atoms with van der Waals surface area (Å²) in [5.74, 6) is 1.38. The number of benzene rings is 1. The van der Waals surface area contributed by atoms with E-state index in [2.05, 4.69) is 20.8 Å². The largest absolute Gasteiger partial charge is 0.486 e. The first kappa shape index (κ1) is 15.0. The highest BCUT2D eigenvalue weighted by molar-refractivity contribution is 5.78. The van der Waals surface area contributed by atoms with Crippen LogP contribution in [0.5, 0.6) is 5.75 Å². The van der Waals surface area contributed by atoms with Crippen LogP contribution in [-0.2, 0) is 24.9 Å². The van der Waals surface area contributed by atoms with Gasteiger partial charge in [-0.1, -0.05) is 12.1 Å². The third-order valence-electron chi connectivity index (χ3n) is 2.81. The first-order valence-corrected chi connectivity index (χ1v) is 6.77. The molecule has 0 saturated carbocycles. The van der Waals surface area contributed by atoms with Gasteiger partial charge in [0.25, 0.3) is 0 Å². The molecule has 0 atom stereocenters. The Morgan fingerprint density at radius 3 is 2.62 bits per heavy atom. The van der Waals surface area contributed by atoms with Crippen molar-refractivity contribution in [1.29, 1.82) is 0 Å². The van der Waals surface area contributed by atoms with Crippen LogP contribution in [-0.4, -0.2) is 32.2 Å². The number of amides is 1. The van der Waals surface area contributed by atoms with E-state index in [1.54, 1.807) is 11.7 Å². The molecule has 7 heteroatoms. The summed E-state index contributed by atoms with van der Waals surface area (Å²) in [6.45, 7) is 4.18. The number of hydrogen-bond donors (Lipinski definition) is 1. The van der Waals surface area contributed by atoms with Crippen LogP contribution in [0.2, 0.25) is 0 Å². The second-order valence-corrected chi connectivity index (χ2v) is 5.05. The van der Waals surface area contributed by atoms with Gasteiger partial charge in [-0.05, 0) is 42.0 Å². The first-order chi connectivity index (χ1) is 10.0. The number of tetrazole rings is 1. The number of nitrogens with one attached hydrogen (secondary N) is 1. The van der Waals surface area contributed by atoms with Gasteiger partial charge in [0.15, 0.2) is 5.82 Å². The van der Waals surface area contributed by atoms with Crippen molar-refractivity contribution in [2.24, 2.45) is 7.05 Å². The Morgan fingerprint density at radius 1 is 1.33 bits per heavy atom. The van der Waals surface area contributed by atoms with E-state index < -0.39 is 0 Å². The summed E-state index contributed by atoms with van der Waals surface area (Å²) >= 11 is 0. The lowest BCUT2D eigenvalue weighted by molar-refractivity contribution is -0.120. The zero-order valence-electron chi connectivity index (χ0n) is 12.4. The molecule has 112 valence electrons. The summed E-state index contributed by atoms with van der Waals surface area (Å²) in [6, 6.07) is 7.58. The number of aromatic nitrogens is 4. The maximum Gasteiger partial charge on any atom is 0.224 e. The third kappa shape index (κ3) is 4.55.